The van der Waals surface area contributed by atoms with Gasteiger partial charge in [0, 0.05) is 5.41 Å². The molecule has 0 aromatic carbocycles. The Morgan fingerprint density at radius 1 is 1.40 bits per heavy atom. The van der Waals surface area contributed by atoms with Gasteiger partial charge in [0.15, 0.2) is 0 Å². The fourth-order valence-electron chi connectivity index (χ4n) is 0.587. The largest absolute Gasteiger partial charge is 0.378 e. The number of aliphatic hydroxyl groups is 1. The zero-order valence-corrected chi connectivity index (χ0v) is 7.44. The van der Waals surface area contributed by atoms with Gasteiger partial charge in [0.05, 0.1) is 0 Å². The summed E-state index contributed by atoms with van der Waals surface area (Å²) in [5.41, 5.74) is -0.0465. The summed E-state index contributed by atoms with van der Waals surface area (Å²) in [5.74, 6) is 0. The van der Waals surface area contributed by atoms with Crippen molar-refractivity contribution in [3.63, 3.8) is 0 Å². The quantitative estimate of drug-likeness (QED) is 0.587. The highest BCUT2D eigenvalue weighted by Crippen LogP contribution is 2.16. The van der Waals surface area contributed by atoms with Crippen molar-refractivity contribution in [2.45, 2.75) is 40.3 Å². The van der Waals surface area contributed by atoms with E-state index in [0.29, 0.717) is 0 Å². The highest BCUT2D eigenvalue weighted by atomic mass is 16.3. The number of hydrogen-bond acceptors (Lipinski definition) is 2. The molecule has 2 nitrogen and oxygen atoms in total. The minimum absolute atomic E-state index is 0.0465. The first kappa shape index (κ1) is 9.92. The molecule has 0 aliphatic carbocycles. The van der Waals surface area contributed by atoms with Crippen molar-refractivity contribution in [2.24, 2.45) is 5.41 Å². The molecule has 0 amide bonds. The van der Waals surface area contributed by atoms with E-state index in [-0.39, 0.29) is 11.6 Å². The van der Waals surface area contributed by atoms with E-state index >= 15 is 0 Å². The first-order valence-electron chi connectivity index (χ1n) is 3.90. The summed E-state index contributed by atoms with van der Waals surface area (Å²) in [7, 11) is 0. The summed E-state index contributed by atoms with van der Waals surface area (Å²) < 4.78 is 0. The predicted molar refractivity (Wildman–Crippen MR) is 43.8 cm³/mol. The Morgan fingerprint density at radius 2 is 1.90 bits per heavy atom. The molecule has 0 aromatic heterocycles. The summed E-state index contributed by atoms with van der Waals surface area (Å²) in [4.78, 5) is 0. The highest BCUT2D eigenvalue weighted by Gasteiger charge is 2.20. The first-order chi connectivity index (χ1) is 4.48. The van der Waals surface area contributed by atoms with Crippen LogP contribution in [0.4, 0.5) is 0 Å². The van der Waals surface area contributed by atoms with Crippen LogP contribution in [-0.4, -0.2) is 17.9 Å². The third-order valence-electron chi connectivity index (χ3n) is 1.41. The van der Waals surface area contributed by atoms with Crippen LogP contribution in [0.5, 0.6) is 0 Å². The Bertz CT molecular complexity index is 85.7. The molecule has 0 fully saturated rings. The standard InChI is InChI=1S/C8H19NO/c1-5-6-9-7(10)8(2,3)4/h7,9-10H,5-6H2,1-4H3. The van der Waals surface area contributed by atoms with Crippen LogP contribution in [0.3, 0.4) is 0 Å². The van der Waals surface area contributed by atoms with Gasteiger partial charge in [-0.15, -0.1) is 0 Å². The minimum Gasteiger partial charge on any atom is -0.378 e. The van der Waals surface area contributed by atoms with Gasteiger partial charge in [-0.1, -0.05) is 27.7 Å². The van der Waals surface area contributed by atoms with Crippen LogP contribution in [-0.2, 0) is 0 Å². The maximum absolute atomic E-state index is 9.41. The predicted octanol–water partition coefficient (Wildman–Crippen LogP) is 1.35. The second kappa shape index (κ2) is 3.94. The van der Waals surface area contributed by atoms with Crippen LogP contribution in [0.15, 0.2) is 0 Å². The van der Waals surface area contributed by atoms with Gasteiger partial charge in [-0.25, -0.2) is 0 Å². The molecule has 0 spiro atoms. The van der Waals surface area contributed by atoms with Crippen LogP contribution in [0, 0.1) is 5.41 Å². The molecule has 62 valence electrons. The summed E-state index contributed by atoms with van der Waals surface area (Å²) in [6.45, 7) is 9.02. The second-order valence-corrected chi connectivity index (χ2v) is 3.72. The summed E-state index contributed by atoms with van der Waals surface area (Å²) in [6.07, 6.45) is 0.681. The maximum atomic E-state index is 9.41. The molecule has 2 N–H and O–H groups in total. The molecule has 0 bridgehead atoms. The monoisotopic (exact) mass is 145 g/mol. The van der Waals surface area contributed by atoms with Gasteiger partial charge in [0.1, 0.15) is 6.23 Å². The fourth-order valence-corrected chi connectivity index (χ4v) is 0.587. The van der Waals surface area contributed by atoms with Crippen LogP contribution in [0.25, 0.3) is 0 Å². The van der Waals surface area contributed by atoms with Gasteiger partial charge in [-0.3, -0.25) is 5.32 Å². The summed E-state index contributed by atoms with van der Waals surface area (Å²) in [6, 6.07) is 0. The van der Waals surface area contributed by atoms with Crippen molar-refractivity contribution in [1.82, 2.24) is 5.32 Å². The smallest absolute Gasteiger partial charge is 0.109 e. The third-order valence-corrected chi connectivity index (χ3v) is 1.41. The average Bonchev–Trinajstić information content (AvgIpc) is 1.80. The number of rotatable bonds is 3. The van der Waals surface area contributed by atoms with Gasteiger partial charge < -0.3 is 5.11 Å². The fraction of sp³-hybridized carbons (Fsp3) is 1.00. The Morgan fingerprint density at radius 3 is 2.20 bits per heavy atom. The van der Waals surface area contributed by atoms with Crippen molar-refractivity contribution in [3.8, 4) is 0 Å². The molecule has 0 rings (SSSR count). The van der Waals surface area contributed by atoms with E-state index in [0.717, 1.165) is 13.0 Å². The second-order valence-electron chi connectivity index (χ2n) is 3.72. The Labute approximate surface area is 63.6 Å². The van der Waals surface area contributed by atoms with E-state index in [4.69, 9.17) is 0 Å². The molecule has 10 heavy (non-hydrogen) atoms. The van der Waals surface area contributed by atoms with Crippen LogP contribution >= 0.6 is 0 Å². The molecule has 0 aliphatic heterocycles. The molecule has 1 atom stereocenters. The lowest BCUT2D eigenvalue weighted by atomic mass is 9.94. The number of nitrogens with one attached hydrogen (secondary N) is 1. The Hall–Kier alpha value is -0.0800. The van der Waals surface area contributed by atoms with Gasteiger partial charge >= 0.3 is 0 Å². The van der Waals surface area contributed by atoms with Gasteiger partial charge in [0.2, 0.25) is 0 Å². The van der Waals surface area contributed by atoms with Crippen molar-refractivity contribution >= 4 is 0 Å². The molecule has 0 radical (unpaired) electrons. The van der Waals surface area contributed by atoms with Crippen LogP contribution in [0.1, 0.15) is 34.1 Å². The lowest BCUT2D eigenvalue weighted by Gasteiger charge is -2.26. The van der Waals surface area contributed by atoms with Crippen molar-refractivity contribution in [3.05, 3.63) is 0 Å². The van der Waals surface area contributed by atoms with E-state index in [1.807, 2.05) is 20.8 Å². The van der Waals surface area contributed by atoms with Gasteiger partial charge in [-0.05, 0) is 13.0 Å². The molecule has 0 aromatic rings. The molecular formula is C8H19NO. The molecular weight excluding hydrogens is 126 g/mol. The minimum atomic E-state index is -0.382. The van der Waals surface area contributed by atoms with Gasteiger partial charge in [0.25, 0.3) is 0 Å². The SMILES string of the molecule is CCCNC(O)C(C)(C)C. The Balaban J connectivity index is 3.52. The molecule has 0 aliphatic rings. The highest BCUT2D eigenvalue weighted by molar-refractivity contribution is 4.69. The van der Waals surface area contributed by atoms with E-state index in [1.165, 1.54) is 0 Å². The maximum Gasteiger partial charge on any atom is 0.109 e. The zero-order chi connectivity index (χ0) is 8.20. The van der Waals surface area contributed by atoms with Crippen LogP contribution in [0.2, 0.25) is 0 Å². The summed E-state index contributed by atoms with van der Waals surface area (Å²) in [5, 5.41) is 12.4. The van der Waals surface area contributed by atoms with Crippen molar-refractivity contribution in [2.75, 3.05) is 6.54 Å². The van der Waals surface area contributed by atoms with Gasteiger partial charge in [-0.2, -0.15) is 0 Å². The van der Waals surface area contributed by atoms with Crippen LogP contribution < -0.4 is 5.32 Å². The lowest BCUT2D eigenvalue weighted by Crippen LogP contribution is -2.40. The van der Waals surface area contributed by atoms with E-state index in [1.54, 1.807) is 0 Å². The molecule has 0 saturated heterocycles. The van der Waals surface area contributed by atoms with E-state index < -0.39 is 0 Å². The lowest BCUT2D eigenvalue weighted by molar-refractivity contribution is 0.0337. The average molecular weight is 145 g/mol. The van der Waals surface area contributed by atoms with E-state index in [9.17, 15) is 5.11 Å². The zero-order valence-electron chi connectivity index (χ0n) is 7.44. The molecule has 2 heteroatoms. The van der Waals surface area contributed by atoms with Crippen molar-refractivity contribution < 1.29 is 5.11 Å². The first-order valence-corrected chi connectivity index (χ1v) is 3.90. The molecule has 0 heterocycles. The van der Waals surface area contributed by atoms with E-state index in [2.05, 4.69) is 12.2 Å². The number of hydrogen-bond donors (Lipinski definition) is 2. The third kappa shape index (κ3) is 3.85. The summed E-state index contributed by atoms with van der Waals surface area (Å²) >= 11 is 0. The topological polar surface area (TPSA) is 32.3 Å². The molecule has 1 unspecified atom stereocenters. The normalized spacial score (nSPS) is 15.3. The molecule has 0 saturated carbocycles. The Kier molecular flexibility index (Phi) is 3.91. The number of aliphatic hydroxyl groups excluding tert-OH is 1. The van der Waals surface area contributed by atoms with Crippen molar-refractivity contribution in [1.29, 1.82) is 0 Å².